The second-order valence-corrected chi connectivity index (χ2v) is 9.64. The van der Waals surface area contributed by atoms with E-state index in [1.165, 1.54) is 5.56 Å². The van der Waals surface area contributed by atoms with Crippen LogP contribution in [-0.2, 0) is 0 Å². The van der Waals surface area contributed by atoms with Crippen LogP contribution >= 0.6 is 0 Å². The Labute approximate surface area is 203 Å². The van der Waals surface area contributed by atoms with Crippen LogP contribution in [-0.4, -0.2) is 62.2 Å². The van der Waals surface area contributed by atoms with Gasteiger partial charge in [0.2, 0.25) is 11.7 Å². The molecule has 1 aromatic carbocycles. The first kappa shape index (κ1) is 21.9. The highest BCUT2D eigenvalue weighted by Crippen LogP contribution is 2.40. The van der Waals surface area contributed by atoms with E-state index in [4.69, 9.17) is 9.05 Å². The van der Waals surface area contributed by atoms with Crippen molar-refractivity contribution in [2.24, 2.45) is 0 Å². The van der Waals surface area contributed by atoms with E-state index in [1.807, 2.05) is 42.2 Å². The average molecular weight is 473 g/mol. The number of piperazine rings is 1. The van der Waals surface area contributed by atoms with Gasteiger partial charge in [0, 0.05) is 43.4 Å². The monoisotopic (exact) mass is 472 g/mol. The van der Waals surface area contributed by atoms with Crippen molar-refractivity contribution in [2.75, 3.05) is 26.2 Å². The molecular weight excluding hydrogens is 444 g/mol. The fraction of sp³-hybridized carbons (Fsp3) is 0.423. The number of amides is 1. The molecule has 1 aliphatic heterocycles. The molecule has 1 amide bonds. The summed E-state index contributed by atoms with van der Waals surface area (Å²) in [5, 5.41) is 8.96. The van der Waals surface area contributed by atoms with E-state index >= 15 is 0 Å². The highest BCUT2D eigenvalue weighted by atomic mass is 16.5. The Balaban J connectivity index is 1.16. The molecule has 1 aliphatic carbocycles. The molecule has 180 valence electrons. The quantitative estimate of drug-likeness (QED) is 0.424. The number of nitrogens with zero attached hydrogens (tertiary/aromatic N) is 6. The molecule has 35 heavy (non-hydrogen) atoms. The van der Waals surface area contributed by atoms with Crippen LogP contribution in [0.25, 0.3) is 22.5 Å². The lowest BCUT2D eigenvalue weighted by molar-refractivity contribution is 0.0553. The van der Waals surface area contributed by atoms with Gasteiger partial charge in [0.1, 0.15) is 0 Å². The van der Waals surface area contributed by atoms with Crippen LogP contribution in [0.2, 0.25) is 0 Å². The first-order valence-corrected chi connectivity index (χ1v) is 12.2. The first-order chi connectivity index (χ1) is 17.0. The maximum absolute atomic E-state index is 13.6. The molecule has 2 fully saturated rings. The smallest absolute Gasteiger partial charge is 0.259 e. The molecule has 1 unspecified atom stereocenters. The Morgan fingerprint density at radius 2 is 1.74 bits per heavy atom. The van der Waals surface area contributed by atoms with Crippen LogP contribution in [0.5, 0.6) is 0 Å². The molecule has 6 rings (SSSR count). The third-order valence-electron chi connectivity index (χ3n) is 7.12. The molecule has 9 heteroatoms. The molecule has 1 atom stereocenters. The minimum Gasteiger partial charge on any atom is -0.337 e. The predicted molar refractivity (Wildman–Crippen MR) is 129 cm³/mol. The zero-order valence-corrected chi connectivity index (χ0v) is 20.2. The van der Waals surface area contributed by atoms with Crippen LogP contribution < -0.4 is 0 Å². The summed E-state index contributed by atoms with van der Waals surface area (Å²) in [5.41, 5.74) is 4.87. The Morgan fingerprint density at radius 1 is 1.00 bits per heavy atom. The van der Waals surface area contributed by atoms with Gasteiger partial charge in [-0.3, -0.25) is 9.69 Å². The summed E-state index contributed by atoms with van der Waals surface area (Å²) >= 11 is 0. The third kappa shape index (κ3) is 4.10. The lowest BCUT2D eigenvalue weighted by Crippen LogP contribution is -2.49. The molecule has 4 aromatic rings. The van der Waals surface area contributed by atoms with E-state index in [0.29, 0.717) is 47.7 Å². The highest BCUT2D eigenvalue weighted by molar-refractivity contribution is 6.06. The summed E-state index contributed by atoms with van der Waals surface area (Å²) in [6.45, 7) is 8.66. The summed E-state index contributed by atoms with van der Waals surface area (Å²) in [7, 11) is 0. The van der Waals surface area contributed by atoms with Gasteiger partial charge < -0.3 is 13.9 Å². The van der Waals surface area contributed by atoms with Gasteiger partial charge in [-0.2, -0.15) is 4.98 Å². The molecule has 0 bridgehead atoms. The van der Waals surface area contributed by atoms with Crippen LogP contribution in [0.15, 0.2) is 39.4 Å². The van der Waals surface area contributed by atoms with Gasteiger partial charge >= 0.3 is 0 Å². The average Bonchev–Trinajstić information content (AvgIpc) is 3.51. The molecule has 9 nitrogen and oxygen atoms in total. The Kier molecular flexibility index (Phi) is 5.36. The Hall–Kier alpha value is -3.59. The summed E-state index contributed by atoms with van der Waals surface area (Å²) in [6.07, 6.45) is 2.22. The third-order valence-corrected chi connectivity index (χ3v) is 7.12. The molecule has 0 spiro atoms. The number of fused-ring (bicyclic) bond motifs is 1. The summed E-state index contributed by atoms with van der Waals surface area (Å²) in [6, 6.07) is 9.99. The lowest BCUT2D eigenvalue weighted by atomic mass is 10.1. The number of carbonyl (C=O) groups excluding carboxylic acids is 1. The molecule has 0 N–H and O–H groups in total. The van der Waals surface area contributed by atoms with Crippen molar-refractivity contribution in [2.45, 2.75) is 45.6 Å². The molecule has 1 saturated heterocycles. The van der Waals surface area contributed by atoms with Gasteiger partial charge in [0.05, 0.1) is 22.7 Å². The normalized spacial score (nSPS) is 17.7. The SMILES string of the molecule is Cc1ccc(-c2noc(C(C)N3CCN(C(=O)c4cc(C5CC5)nc5onc(C)c45)CC3)n2)cc1. The standard InChI is InChI=1S/C26H28N6O3/c1-15-4-6-19(7-5-15)23-28-24(34-30-23)17(3)31-10-12-32(13-11-31)26(33)20-14-21(18-8-9-18)27-25-22(20)16(2)29-35-25/h4-7,14,17-18H,8-13H2,1-3H3. The van der Waals surface area contributed by atoms with Crippen LogP contribution in [0.1, 0.15) is 64.9 Å². The van der Waals surface area contributed by atoms with E-state index in [0.717, 1.165) is 42.6 Å². The molecule has 3 aromatic heterocycles. The number of hydrogen-bond donors (Lipinski definition) is 0. The van der Waals surface area contributed by atoms with E-state index in [9.17, 15) is 4.79 Å². The predicted octanol–water partition coefficient (Wildman–Crippen LogP) is 4.29. The molecular formula is C26H28N6O3. The van der Waals surface area contributed by atoms with Crippen molar-refractivity contribution in [3.8, 4) is 11.4 Å². The van der Waals surface area contributed by atoms with Crippen molar-refractivity contribution in [1.29, 1.82) is 0 Å². The highest BCUT2D eigenvalue weighted by Gasteiger charge is 2.32. The maximum Gasteiger partial charge on any atom is 0.259 e. The minimum absolute atomic E-state index is 0.0114. The van der Waals surface area contributed by atoms with Crippen molar-refractivity contribution in [3.63, 3.8) is 0 Å². The number of benzene rings is 1. The fourth-order valence-corrected chi connectivity index (χ4v) is 4.73. The zero-order valence-electron chi connectivity index (χ0n) is 20.2. The van der Waals surface area contributed by atoms with Crippen molar-refractivity contribution in [1.82, 2.24) is 30.1 Å². The van der Waals surface area contributed by atoms with Gasteiger partial charge in [-0.1, -0.05) is 40.1 Å². The van der Waals surface area contributed by atoms with E-state index < -0.39 is 0 Å². The van der Waals surface area contributed by atoms with Gasteiger partial charge in [-0.15, -0.1) is 0 Å². The first-order valence-electron chi connectivity index (χ1n) is 12.2. The van der Waals surface area contributed by atoms with Gasteiger partial charge in [0.15, 0.2) is 0 Å². The van der Waals surface area contributed by atoms with Crippen molar-refractivity contribution >= 4 is 17.0 Å². The number of hydrogen-bond acceptors (Lipinski definition) is 8. The topological polar surface area (TPSA) is 101 Å². The molecule has 4 heterocycles. The molecule has 1 saturated carbocycles. The Morgan fingerprint density at radius 3 is 2.46 bits per heavy atom. The second-order valence-electron chi connectivity index (χ2n) is 9.64. The number of pyridine rings is 1. The maximum atomic E-state index is 13.6. The summed E-state index contributed by atoms with van der Waals surface area (Å²) < 4.78 is 11.0. The Bertz CT molecular complexity index is 1380. The largest absolute Gasteiger partial charge is 0.337 e. The van der Waals surface area contributed by atoms with Crippen LogP contribution in [0.4, 0.5) is 0 Å². The van der Waals surface area contributed by atoms with E-state index in [2.05, 4.69) is 39.0 Å². The van der Waals surface area contributed by atoms with Gasteiger partial charge in [-0.05, 0) is 39.7 Å². The number of aromatic nitrogens is 4. The fourth-order valence-electron chi connectivity index (χ4n) is 4.73. The molecule has 2 aliphatic rings. The van der Waals surface area contributed by atoms with Crippen LogP contribution in [0, 0.1) is 13.8 Å². The molecule has 0 radical (unpaired) electrons. The zero-order chi connectivity index (χ0) is 24.1. The number of carbonyl (C=O) groups is 1. The van der Waals surface area contributed by atoms with E-state index in [1.54, 1.807) is 0 Å². The minimum atomic E-state index is -0.0339. The van der Waals surface area contributed by atoms with Crippen LogP contribution in [0.3, 0.4) is 0 Å². The van der Waals surface area contributed by atoms with Gasteiger partial charge in [0.25, 0.3) is 11.6 Å². The van der Waals surface area contributed by atoms with E-state index in [-0.39, 0.29) is 11.9 Å². The van der Waals surface area contributed by atoms with Crippen molar-refractivity contribution in [3.05, 3.63) is 58.7 Å². The lowest BCUT2D eigenvalue weighted by Gasteiger charge is -2.36. The number of aryl methyl sites for hydroxylation is 2. The van der Waals surface area contributed by atoms with Crippen molar-refractivity contribution < 1.29 is 13.8 Å². The second kappa shape index (κ2) is 8.57. The number of rotatable bonds is 5. The van der Waals surface area contributed by atoms with Gasteiger partial charge in [-0.25, -0.2) is 4.98 Å². The summed E-state index contributed by atoms with van der Waals surface area (Å²) in [4.78, 5) is 27.0. The summed E-state index contributed by atoms with van der Waals surface area (Å²) in [5.74, 6) is 1.62.